The molecule has 0 saturated heterocycles. The second-order valence-corrected chi connectivity index (χ2v) is 8.90. The topological polar surface area (TPSA) is 90.8 Å². The van der Waals surface area contributed by atoms with Gasteiger partial charge in [0, 0.05) is 24.5 Å². The van der Waals surface area contributed by atoms with E-state index < -0.39 is 0 Å². The molecule has 0 amide bonds. The van der Waals surface area contributed by atoms with Crippen molar-refractivity contribution in [1.29, 1.82) is 0 Å². The van der Waals surface area contributed by atoms with E-state index in [-0.39, 0.29) is 5.56 Å². The van der Waals surface area contributed by atoms with Crippen molar-refractivity contribution in [3.05, 3.63) is 82.2 Å². The molecule has 0 radical (unpaired) electrons. The molecule has 4 heterocycles. The highest BCUT2D eigenvalue weighted by atomic mass is 16.1. The van der Waals surface area contributed by atoms with Crippen molar-refractivity contribution in [2.24, 2.45) is 5.10 Å². The molecule has 174 valence electrons. The monoisotopic (exact) mass is 463 g/mol. The van der Waals surface area contributed by atoms with Crippen molar-refractivity contribution in [2.45, 2.75) is 45.6 Å². The van der Waals surface area contributed by atoms with E-state index in [1.165, 1.54) is 18.4 Å². The van der Waals surface area contributed by atoms with E-state index in [9.17, 15) is 4.79 Å². The molecule has 0 bridgehead atoms. The van der Waals surface area contributed by atoms with Crippen LogP contribution in [-0.2, 0) is 6.54 Å². The van der Waals surface area contributed by atoms with E-state index in [1.54, 1.807) is 27.9 Å². The Bertz CT molecular complexity index is 1680. The molecule has 35 heavy (non-hydrogen) atoms. The molecule has 8 heteroatoms. The van der Waals surface area contributed by atoms with Crippen LogP contribution in [0, 0.1) is 6.92 Å². The van der Waals surface area contributed by atoms with E-state index in [4.69, 9.17) is 15.0 Å². The van der Waals surface area contributed by atoms with Gasteiger partial charge in [0.1, 0.15) is 16.7 Å². The average Bonchev–Trinajstić information content (AvgIpc) is 3.19. The second kappa shape index (κ2) is 8.87. The van der Waals surface area contributed by atoms with Crippen molar-refractivity contribution >= 4 is 39.4 Å². The van der Waals surface area contributed by atoms with Gasteiger partial charge in [-0.05, 0) is 57.2 Å². The second-order valence-electron chi connectivity index (χ2n) is 8.90. The summed E-state index contributed by atoms with van der Waals surface area (Å²) in [5.41, 5.74) is 5.12. The van der Waals surface area contributed by atoms with Crippen LogP contribution in [0.4, 0.5) is 0 Å². The highest BCUT2D eigenvalue weighted by molar-refractivity contribution is 6.04. The van der Waals surface area contributed by atoms with Gasteiger partial charge in [-0.1, -0.05) is 29.8 Å². The summed E-state index contributed by atoms with van der Waals surface area (Å²) < 4.78 is 3.39. The highest BCUT2D eigenvalue weighted by Gasteiger charge is 2.21. The molecular weight excluding hydrogens is 438 g/mol. The number of hydrogen-bond acceptors (Lipinski definition) is 6. The Hall–Kier alpha value is -4.20. The summed E-state index contributed by atoms with van der Waals surface area (Å²) in [5, 5.41) is 5.11. The largest absolute Gasteiger partial charge is 0.296 e. The fourth-order valence-corrected chi connectivity index (χ4v) is 4.75. The first kappa shape index (κ1) is 21.3. The first-order valence-electron chi connectivity index (χ1n) is 12.0. The van der Waals surface area contributed by atoms with E-state index in [2.05, 4.69) is 16.2 Å². The fourth-order valence-electron chi connectivity index (χ4n) is 4.75. The number of nitrogens with zero attached hydrogens (tertiary/aromatic N) is 7. The normalized spacial score (nSPS) is 14.4. The van der Waals surface area contributed by atoms with Gasteiger partial charge in [-0.25, -0.2) is 15.0 Å². The van der Waals surface area contributed by atoms with Crippen LogP contribution in [0.3, 0.4) is 0 Å². The molecule has 5 aromatic rings. The van der Waals surface area contributed by atoms with E-state index in [0.717, 1.165) is 35.9 Å². The third-order valence-corrected chi connectivity index (χ3v) is 6.58. The molecule has 0 aliphatic heterocycles. The predicted octanol–water partition coefficient (Wildman–Crippen LogP) is 4.77. The highest BCUT2D eigenvalue weighted by Crippen LogP contribution is 2.26. The van der Waals surface area contributed by atoms with Crippen molar-refractivity contribution in [3.8, 4) is 0 Å². The molecule has 0 N–H and O–H groups in total. The van der Waals surface area contributed by atoms with Crippen molar-refractivity contribution in [3.63, 3.8) is 0 Å². The maximum atomic E-state index is 13.8. The van der Waals surface area contributed by atoms with Gasteiger partial charge in [-0.2, -0.15) is 9.78 Å². The van der Waals surface area contributed by atoms with Crippen molar-refractivity contribution in [2.75, 3.05) is 0 Å². The lowest BCUT2D eigenvalue weighted by Gasteiger charge is -2.14. The molecule has 4 aromatic heterocycles. The Labute approximate surface area is 201 Å². The predicted molar refractivity (Wildman–Crippen MR) is 138 cm³/mol. The summed E-state index contributed by atoms with van der Waals surface area (Å²) in [4.78, 5) is 32.5. The smallest absolute Gasteiger partial charge is 0.265 e. The third-order valence-electron chi connectivity index (χ3n) is 6.58. The molecular formula is C27H25N7O. The first-order chi connectivity index (χ1) is 17.2. The Balaban J connectivity index is 1.56. The maximum Gasteiger partial charge on any atom is 0.265 e. The standard InChI is InChI=1S/C27H25N7O/c1-18-30-25-23(27(35)33(18)15-13-19-8-3-2-4-9-19)24-26(32-22-12-6-5-11-21(22)31-24)34(25)29-17-20-10-7-14-28-16-20/h5-8,10-12,14,16-17H,2-4,9,13,15H2,1H3/b29-17+. The van der Waals surface area contributed by atoms with Crippen LogP contribution in [0.25, 0.3) is 33.2 Å². The van der Waals surface area contributed by atoms with Crippen LogP contribution >= 0.6 is 0 Å². The molecule has 1 aromatic carbocycles. The van der Waals surface area contributed by atoms with Crippen LogP contribution in [0.1, 0.15) is 43.5 Å². The molecule has 8 nitrogen and oxygen atoms in total. The number of rotatable bonds is 5. The summed E-state index contributed by atoms with van der Waals surface area (Å²) in [6, 6.07) is 11.4. The minimum absolute atomic E-state index is 0.103. The summed E-state index contributed by atoms with van der Waals surface area (Å²) in [6.07, 6.45) is 13.0. The average molecular weight is 464 g/mol. The SMILES string of the molecule is Cc1nc2c(c(=O)n1CCC1=CCCCC1)c1nc3ccccc3nc1n2/N=C/c1cccnc1. The van der Waals surface area contributed by atoms with Gasteiger partial charge in [-0.15, -0.1) is 0 Å². The van der Waals surface area contributed by atoms with Crippen LogP contribution in [0.2, 0.25) is 0 Å². The number of hydrogen-bond donors (Lipinski definition) is 0. The van der Waals surface area contributed by atoms with E-state index >= 15 is 0 Å². The molecule has 0 unspecified atom stereocenters. The number of allylic oxidation sites excluding steroid dienone is 2. The Morgan fingerprint density at radius 2 is 1.89 bits per heavy atom. The Kier molecular flexibility index (Phi) is 5.41. The minimum atomic E-state index is -0.103. The number of fused-ring (bicyclic) bond motifs is 4. The van der Waals surface area contributed by atoms with Gasteiger partial charge < -0.3 is 0 Å². The van der Waals surface area contributed by atoms with E-state index in [0.29, 0.717) is 34.6 Å². The fraction of sp³-hybridized carbons (Fsp3) is 0.259. The Morgan fingerprint density at radius 3 is 2.66 bits per heavy atom. The van der Waals surface area contributed by atoms with Crippen LogP contribution < -0.4 is 5.56 Å². The minimum Gasteiger partial charge on any atom is -0.296 e. The zero-order valence-corrected chi connectivity index (χ0v) is 19.6. The number of pyridine rings is 1. The van der Waals surface area contributed by atoms with Gasteiger partial charge in [0.25, 0.3) is 5.56 Å². The van der Waals surface area contributed by atoms with E-state index in [1.807, 2.05) is 43.3 Å². The summed E-state index contributed by atoms with van der Waals surface area (Å²) in [6.45, 7) is 2.48. The van der Waals surface area contributed by atoms with Crippen molar-refractivity contribution < 1.29 is 0 Å². The zero-order chi connectivity index (χ0) is 23.8. The van der Waals surface area contributed by atoms with Crippen LogP contribution in [0.15, 0.2) is 70.3 Å². The van der Waals surface area contributed by atoms with Gasteiger partial charge in [0.2, 0.25) is 0 Å². The first-order valence-corrected chi connectivity index (χ1v) is 12.0. The molecule has 0 fully saturated rings. The molecule has 0 atom stereocenters. The van der Waals surface area contributed by atoms with Crippen LogP contribution in [0.5, 0.6) is 0 Å². The summed E-state index contributed by atoms with van der Waals surface area (Å²) in [5.74, 6) is 0.657. The molecule has 1 aliphatic rings. The summed E-state index contributed by atoms with van der Waals surface area (Å²) >= 11 is 0. The van der Waals surface area contributed by atoms with Crippen molar-refractivity contribution in [1.82, 2.24) is 29.2 Å². The number of para-hydroxylation sites is 2. The van der Waals surface area contributed by atoms with Gasteiger partial charge in [0.05, 0.1) is 17.2 Å². The lowest BCUT2D eigenvalue weighted by molar-refractivity contribution is 0.597. The molecule has 0 spiro atoms. The Morgan fingerprint density at radius 1 is 1.03 bits per heavy atom. The third kappa shape index (κ3) is 3.90. The zero-order valence-electron chi connectivity index (χ0n) is 19.6. The van der Waals surface area contributed by atoms with Crippen LogP contribution in [-0.4, -0.2) is 35.4 Å². The molecule has 1 aliphatic carbocycles. The molecule has 0 saturated carbocycles. The van der Waals surface area contributed by atoms with Gasteiger partial charge in [0.15, 0.2) is 11.3 Å². The lowest BCUT2D eigenvalue weighted by Crippen LogP contribution is -2.24. The van der Waals surface area contributed by atoms with Gasteiger partial charge >= 0.3 is 0 Å². The lowest BCUT2D eigenvalue weighted by atomic mass is 9.97. The summed E-state index contributed by atoms with van der Waals surface area (Å²) in [7, 11) is 0. The number of aromatic nitrogens is 6. The quantitative estimate of drug-likeness (QED) is 0.277. The number of aryl methyl sites for hydroxylation is 1. The number of benzene rings is 1. The van der Waals surface area contributed by atoms with Gasteiger partial charge in [-0.3, -0.25) is 14.3 Å². The maximum absolute atomic E-state index is 13.8. The molecule has 6 rings (SSSR count).